The average Bonchev–Trinajstić information content (AvgIpc) is 2.59. The smallest absolute Gasteiger partial charge is 0.410 e. The number of hydrogen-bond donors (Lipinski definition) is 1. The summed E-state index contributed by atoms with van der Waals surface area (Å²) in [4.78, 5) is 13.4. The highest BCUT2D eigenvalue weighted by molar-refractivity contribution is 5.85. The van der Waals surface area contributed by atoms with E-state index in [0.29, 0.717) is 19.2 Å². The molecular formula is C12H23ClN2O3. The second-order valence-corrected chi connectivity index (χ2v) is 5.76. The van der Waals surface area contributed by atoms with Gasteiger partial charge in [-0.25, -0.2) is 4.79 Å². The molecule has 2 rings (SSSR count). The van der Waals surface area contributed by atoms with Gasteiger partial charge in [0.2, 0.25) is 0 Å². The molecule has 0 bridgehead atoms. The molecule has 0 aromatic heterocycles. The first-order valence-electron chi connectivity index (χ1n) is 6.28. The maximum Gasteiger partial charge on any atom is 0.410 e. The lowest BCUT2D eigenvalue weighted by atomic mass is 10.1. The van der Waals surface area contributed by atoms with Crippen molar-refractivity contribution in [2.45, 2.75) is 45.0 Å². The lowest BCUT2D eigenvalue weighted by Crippen LogP contribution is -2.56. The maximum absolute atomic E-state index is 11.7. The number of nitrogens with one attached hydrogen (secondary N) is 1. The molecule has 5 nitrogen and oxygen atoms in total. The number of halogens is 1. The Balaban J connectivity index is 0.00000162. The summed E-state index contributed by atoms with van der Waals surface area (Å²) in [5, 5.41) is 3.26. The van der Waals surface area contributed by atoms with Crippen LogP contribution in [0.2, 0.25) is 0 Å². The molecule has 0 aromatic carbocycles. The second kappa shape index (κ2) is 6.08. The summed E-state index contributed by atoms with van der Waals surface area (Å²) in [5.74, 6) is 0. The van der Waals surface area contributed by atoms with Gasteiger partial charge in [0, 0.05) is 6.54 Å². The normalized spacial score (nSPS) is 24.4. The van der Waals surface area contributed by atoms with Crippen LogP contribution in [0.3, 0.4) is 0 Å². The van der Waals surface area contributed by atoms with Crippen molar-refractivity contribution in [3.05, 3.63) is 0 Å². The van der Waals surface area contributed by atoms with Gasteiger partial charge in [-0.15, -0.1) is 12.4 Å². The Morgan fingerprint density at radius 2 is 1.94 bits per heavy atom. The van der Waals surface area contributed by atoms with Gasteiger partial charge in [-0.1, -0.05) is 0 Å². The van der Waals surface area contributed by atoms with Crippen molar-refractivity contribution in [1.29, 1.82) is 0 Å². The summed E-state index contributed by atoms with van der Waals surface area (Å²) in [7, 11) is 0. The van der Waals surface area contributed by atoms with E-state index in [1.807, 2.05) is 20.8 Å². The number of carbonyl (C=O) groups excluding carboxylic acids is 1. The van der Waals surface area contributed by atoms with Crippen molar-refractivity contribution >= 4 is 18.5 Å². The van der Waals surface area contributed by atoms with Gasteiger partial charge < -0.3 is 19.7 Å². The second-order valence-electron chi connectivity index (χ2n) is 5.76. The highest BCUT2D eigenvalue weighted by atomic mass is 35.5. The van der Waals surface area contributed by atoms with Crippen LogP contribution in [0.25, 0.3) is 0 Å². The fourth-order valence-corrected chi connectivity index (χ4v) is 2.02. The van der Waals surface area contributed by atoms with E-state index in [1.165, 1.54) is 0 Å². The lowest BCUT2D eigenvalue weighted by Gasteiger charge is -2.40. The molecular weight excluding hydrogens is 256 g/mol. The van der Waals surface area contributed by atoms with Crippen LogP contribution in [0.4, 0.5) is 4.79 Å². The molecule has 1 N–H and O–H groups in total. The van der Waals surface area contributed by atoms with Crippen molar-refractivity contribution in [3.8, 4) is 0 Å². The van der Waals surface area contributed by atoms with E-state index in [2.05, 4.69) is 5.32 Å². The third-order valence-corrected chi connectivity index (χ3v) is 2.90. The largest absolute Gasteiger partial charge is 0.444 e. The fourth-order valence-electron chi connectivity index (χ4n) is 2.02. The average molecular weight is 279 g/mol. The molecule has 0 aliphatic carbocycles. The van der Waals surface area contributed by atoms with Crippen LogP contribution in [-0.2, 0) is 9.47 Å². The Morgan fingerprint density at radius 1 is 1.28 bits per heavy atom. The molecule has 0 saturated carbocycles. The van der Waals surface area contributed by atoms with Gasteiger partial charge in [0.25, 0.3) is 0 Å². The van der Waals surface area contributed by atoms with Crippen LogP contribution in [0, 0.1) is 0 Å². The molecule has 1 amide bonds. The number of ether oxygens (including phenoxy) is 2. The number of carbonyl (C=O) groups is 1. The number of nitrogens with zero attached hydrogens (tertiary/aromatic N) is 1. The topological polar surface area (TPSA) is 50.8 Å². The van der Waals surface area contributed by atoms with E-state index in [0.717, 1.165) is 19.5 Å². The lowest BCUT2D eigenvalue weighted by molar-refractivity contribution is -0.0874. The minimum absolute atomic E-state index is 0. The van der Waals surface area contributed by atoms with E-state index >= 15 is 0 Å². The highest BCUT2D eigenvalue weighted by Crippen LogP contribution is 2.19. The Kier molecular flexibility index (Phi) is 5.25. The van der Waals surface area contributed by atoms with Crippen LogP contribution in [0.15, 0.2) is 0 Å². The molecule has 18 heavy (non-hydrogen) atoms. The van der Waals surface area contributed by atoms with Gasteiger partial charge in [0.05, 0.1) is 25.3 Å². The van der Waals surface area contributed by atoms with E-state index in [-0.39, 0.29) is 24.6 Å². The summed E-state index contributed by atoms with van der Waals surface area (Å²) in [6, 6.07) is 0. The van der Waals surface area contributed by atoms with Gasteiger partial charge in [0.15, 0.2) is 0 Å². The Bertz CT molecular complexity index is 282. The van der Waals surface area contributed by atoms with Crippen molar-refractivity contribution < 1.29 is 14.3 Å². The Morgan fingerprint density at radius 3 is 2.44 bits per heavy atom. The van der Waals surface area contributed by atoms with Crippen molar-refractivity contribution in [3.63, 3.8) is 0 Å². The minimum atomic E-state index is -0.418. The zero-order valence-electron chi connectivity index (χ0n) is 11.3. The quantitative estimate of drug-likeness (QED) is 0.830. The van der Waals surface area contributed by atoms with E-state index in [1.54, 1.807) is 4.90 Å². The third-order valence-electron chi connectivity index (χ3n) is 2.90. The molecule has 2 saturated heterocycles. The first kappa shape index (κ1) is 15.5. The van der Waals surface area contributed by atoms with Crippen molar-refractivity contribution in [2.75, 3.05) is 26.2 Å². The molecule has 1 atom stereocenters. The standard InChI is InChI=1S/C12H22N2O3.ClH/c1-12(2,3)17-11(15)14-7-10(8-14)16-9-4-5-13-6-9;/h9-10,13H,4-8H2,1-3H3;1H. The molecule has 0 spiro atoms. The Labute approximate surface area is 115 Å². The molecule has 1 unspecified atom stereocenters. The molecule has 0 radical (unpaired) electrons. The van der Waals surface area contributed by atoms with Crippen LogP contribution in [0.1, 0.15) is 27.2 Å². The van der Waals surface area contributed by atoms with Gasteiger partial charge in [-0.2, -0.15) is 0 Å². The first-order chi connectivity index (χ1) is 7.94. The van der Waals surface area contributed by atoms with Crippen LogP contribution >= 0.6 is 12.4 Å². The van der Waals surface area contributed by atoms with Gasteiger partial charge >= 0.3 is 6.09 Å². The predicted octanol–water partition coefficient (Wildman–Crippen LogP) is 1.41. The van der Waals surface area contributed by atoms with Crippen LogP contribution in [0.5, 0.6) is 0 Å². The number of hydrogen-bond acceptors (Lipinski definition) is 4. The summed E-state index contributed by atoms with van der Waals surface area (Å²) in [5.41, 5.74) is -0.418. The van der Waals surface area contributed by atoms with E-state index in [9.17, 15) is 4.79 Å². The summed E-state index contributed by atoms with van der Waals surface area (Å²) < 4.78 is 11.1. The molecule has 2 fully saturated rings. The molecule has 106 valence electrons. The molecule has 0 aromatic rings. The number of rotatable bonds is 2. The maximum atomic E-state index is 11.7. The zero-order valence-corrected chi connectivity index (χ0v) is 12.1. The van der Waals surface area contributed by atoms with Crippen LogP contribution in [-0.4, -0.2) is 55.0 Å². The zero-order chi connectivity index (χ0) is 12.5. The van der Waals surface area contributed by atoms with E-state index < -0.39 is 5.60 Å². The molecule has 6 heteroatoms. The van der Waals surface area contributed by atoms with Crippen molar-refractivity contribution in [2.24, 2.45) is 0 Å². The fraction of sp³-hybridized carbons (Fsp3) is 0.917. The Hall–Kier alpha value is -0.520. The number of amides is 1. The van der Waals surface area contributed by atoms with Crippen molar-refractivity contribution in [1.82, 2.24) is 10.2 Å². The van der Waals surface area contributed by atoms with Crippen LogP contribution < -0.4 is 5.32 Å². The number of likely N-dealkylation sites (tertiary alicyclic amines) is 1. The van der Waals surface area contributed by atoms with Gasteiger partial charge in [0.1, 0.15) is 5.60 Å². The minimum Gasteiger partial charge on any atom is -0.444 e. The molecule has 2 aliphatic heterocycles. The monoisotopic (exact) mass is 278 g/mol. The van der Waals surface area contributed by atoms with Gasteiger partial charge in [-0.05, 0) is 33.7 Å². The predicted molar refractivity (Wildman–Crippen MR) is 71.2 cm³/mol. The van der Waals surface area contributed by atoms with E-state index in [4.69, 9.17) is 9.47 Å². The summed E-state index contributed by atoms with van der Waals surface area (Å²) >= 11 is 0. The molecule has 2 aliphatic rings. The SMILES string of the molecule is CC(C)(C)OC(=O)N1CC(OC2CCNC2)C1.Cl. The first-order valence-corrected chi connectivity index (χ1v) is 6.28. The highest BCUT2D eigenvalue weighted by Gasteiger charge is 2.36. The summed E-state index contributed by atoms with van der Waals surface area (Å²) in [6.07, 6.45) is 1.35. The van der Waals surface area contributed by atoms with Gasteiger partial charge in [-0.3, -0.25) is 0 Å². The summed E-state index contributed by atoms with van der Waals surface area (Å²) in [6.45, 7) is 8.92. The third kappa shape index (κ3) is 4.30. The molecule has 2 heterocycles.